The van der Waals surface area contributed by atoms with Crippen LogP contribution in [-0.4, -0.2) is 33.2 Å². The van der Waals surface area contributed by atoms with Gasteiger partial charge in [-0.2, -0.15) is 0 Å². The number of rotatable bonds is 2. The Hall–Kier alpha value is -3.04. The lowest BCUT2D eigenvalue weighted by Gasteiger charge is -2.12. The van der Waals surface area contributed by atoms with Gasteiger partial charge in [0.2, 0.25) is 0 Å². The van der Waals surface area contributed by atoms with Crippen LogP contribution in [0.3, 0.4) is 0 Å². The maximum absolute atomic E-state index is 12.3. The Bertz CT molecular complexity index is 918. The number of methoxy groups -OCH3 is 1. The number of carbonyl (C=O) groups is 1. The van der Waals surface area contributed by atoms with Crippen LogP contribution in [0.1, 0.15) is 16.1 Å². The fraction of sp³-hybridized carbons (Fsp3) is 0.211. The summed E-state index contributed by atoms with van der Waals surface area (Å²) in [7, 11) is 1.59. The van der Waals surface area contributed by atoms with E-state index in [9.17, 15) is 9.18 Å². The van der Waals surface area contributed by atoms with Gasteiger partial charge in [-0.3, -0.25) is 5.21 Å². The average molecular weight is 402 g/mol. The second kappa shape index (κ2) is 8.77. The van der Waals surface area contributed by atoms with Gasteiger partial charge in [0.25, 0.3) is 0 Å². The fourth-order valence-corrected chi connectivity index (χ4v) is 3.61. The Balaban J connectivity index is 0.000000236. The second-order valence-electron chi connectivity index (χ2n) is 5.99. The molecule has 1 aliphatic heterocycles. The third-order valence-electron chi connectivity index (χ3n) is 4.10. The monoisotopic (exact) mass is 402 g/mol. The van der Waals surface area contributed by atoms with E-state index in [-0.39, 0.29) is 5.82 Å². The molecule has 1 aliphatic rings. The van der Waals surface area contributed by atoms with Crippen LogP contribution < -0.4 is 10.2 Å². The van der Waals surface area contributed by atoms with Gasteiger partial charge in [-0.05, 0) is 30.7 Å². The minimum atomic E-state index is -0.515. The molecular formula is C19H19FN4O3S. The van der Waals surface area contributed by atoms with Gasteiger partial charge in [-0.15, -0.1) is 11.3 Å². The summed E-state index contributed by atoms with van der Waals surface area (Å²) in [6, 6.07) is 9.87. The van der Waals surface area contributed by atoms with E-state index in [4.69, 9.17) is 9.94 Å². The molecule has 0 aliphatic carbocycles. The van der Waals surface area contributed by atoms with Gasteiger partial charge in [0.05, 0.1) is 37.8 Å². The zero-order valence-corrected chi connectivity index (χ0v) is 16.2. The first-order chi connectivity index (χ1) is 13.5. The molecule has 0 unspecified atom stereocenters. The number of urea groups is 1. The highest BCUT2D eigenvalue weighted by Gasteiger charge is 2.27. The SMILES string of the molecule is COc1ccc(-c2nc3c(s2)CN(C(=O)NO)C3)nc1.Cc1ccccc1F. The number of carbonyl (C=O) groups excluding carboxylic acids is 1. The second-order valence-corrected chi connectivity index (χ2v) is 7.08. The minimum absolute atomic E-state index is 0.132. The quantitative estimate of drug-likeness (QED) is 0.503. The number of hydrogen-bond donors (Lipinski definition) is 2. The number of amides is 2. The van der Waals surface area contributed by atoms with E-state index in [0.717, 1.165) is 21.3 Å². The molecule has 0 radical (unpaired) electrons. The van der Waals surface area contributed by atoms with E-state index in [1.807, 2.05) is 18.2 Å². The largest absolute Gasteiger partial charge is 0.495 e. The van der Waals surface area contributed by atoms with Crippen LogP contribution in [0, 0.1) is 12.7 Å². The predicted molar refractivity (Wildman–Crippen MR) is 103 cm³/mol. The number of hydroxylamine groups is 1. The normalized spacial score (nSPS) is 12.1. The first-order valence-electron chi connectivity index (χ1n) is 8.41. The Morgan fingerprint density at radius 3 is 2.61 bits per heavy atom. The van der Waals surface area contributed by atoms with Gasteiger partial charge in [0, 0.05) is 4.88 Å². The average Bonchev–Trinajstić information content (AvgIpc) is 3.29. The van der Waals surface area contributed by atoms with Crippen LogP contribution in [0.2, 0.25) is 0 Å². The molecular weight excluding hydrogens is 383 g/mol. The van der Waals surface area contributed by atoms with Crippen LogP contribution in [0.25, 0.3) is 10.7 Å². The van der Waals surface area contributed by atoms with Crippen molar-refractivity contribution >= 4 is 17.4 Å². The van der Waals surface area contributed by atoms with Gasteiger partial charge in [-0.1, -0.05) is 18.2 Å². The molecule has 0 fully saturated rings. The summed E-state index contributed by atoms with van der Waals surface area (Å²) in [6.45, 7) is 2.60. The Kier molecular flexibility index (Phi) is 6.17. The molecule has 3 heterocycles. The van der Waals surface area contributed by atoms with Crippen molar-refractivity contribution in [3.63, 3.8) is 0 Å². The maximum atomic E-state index is 12.3. The first kappa shape index (κ1) is 19.7. The summed E-state index contributed by atoms with van der Waals surface area (Å²) in [6.07, 6.45) is 1.65. The highest BCUT2D eigenvalue weighted by molar-refractivity contribution is 7.15. The van der Waals surface area contributed by atoms with Gasteiger partial charge in [0.1, 0.15) is 16.6 Å². The van der Waals surface area contributed by atoms with Crippen LogP contribution in [0.5, 0.6) is 5.75 Å². The number of aromatic nitrogens is 2. The third kappa shape index (κ3) is 4.44. The van der Waals surface area contributed by atoms with Gasteiger partial charge in [-0.25, -0.2) is 24.6 Å². The predicted octanol–water partition coefficient (Wildman–Crippen LogP) is 3.76. The fourth-order valence-electron chi connectivity index (χ4n) is 2.54. The van der Waals surface area contributed by atoms with Crippen molar-refractivity contribution in [2.45, 2.75) is 20.0 Å². The summed E-state index contributed by atoms with van der Waals surface area (Å²) in [5.41, 5.74) is 3.96. The third-order valence-corrected chi connectivity index (χ3v) is 5.21. The number of halogens is 1. The molecule has 2 aromatic heterocycles. The summed E-state index contributed by atoms with van der Waals surface area (Å²) < 4.78 is 17.4. The maximum Gasteiger partial charge on any atom is 0.341 e. The molecule has 3 aromatic rings. The molecule has 2 N–H and O–H groups in total. The van der Waals surface area contributed by atoms with Gasteiger partial charge >= 0.3 is 6.03 Å². The molecule has 146 valence electrons. The first-order valence-corrected chi connectivity index (χ1v) is 9.22. The van der Waals surface area contributed by atoms with Crippen molar-refractivity contribution in [1.82, 2.24) is 20.3 Å². The van der Waals surface area contributed by atoms with E-state index in [2.05, 4.69) is 9.97 Å². The number of thiazole rings is 1. The molecule has 0 saturated heterocycles. The molecule has 9 heteroatoms. The number of nitrogens with one attached hydrogen (secondary N) is 1. The Morgan fingerprint density at radius 2 is 2.07 bits per heavy atom. The zero-order chi connectivity index (χ0) is 20.1. The lowest BCUT2D eigenvalue weighted by atomic mass is 10.2. The minimum Gasteiger partial charge on any atom is -0.495 e. The van der Waals surface area contributed by atoms with Crippen molar-refractivity contribution in [2.24, 2.45) is 0 Å². The Labute approximate surface area is 165 Å². The number of fused-ring (bicyclic) bond motifs is 1. The standard InChI is InChI=1S/C12H12N4O3S.C7H7F/c1-19-7-2-3-8(13-4-7)11-14-9-5-16(12(17)15-18)6-10(9)20-11;1-6-4-2-3-5-7(6)8/h2-4,18H,5-6H2,1H3,(H,15,17);2-5H,1H3. The van der Waals surface area contributed by atoms with E-state index in [1.54, 1.807) is 37.8 Å². The number of aryl methyl sites for hydroxylation is 1. The molecule has 0 saturated carbocycles. The molecule has 0 spiro atoms. The molecule has 7 nitrogen and oxygen atoms in total. The number of pyridine rings is 1. The topological polar surface area (TPSA) is 87.6 Å². The highest BCUT2D eigenvalue weighted by Crippen LogP contribution is 2.33. The number of hydrogen-bond acceptors (Lipinski definition) is 6. The van der Waals surface area contributed by atoms with Crippen LogP contribution in [0.4, 0.5) is 9.18 Å². The molecule has 0 atom stereocenters. The lowest BCUT2D eigenvalue weighted by molar-refractivity contribution is 0.129. The molecule has 28 heavy (non-hydrogen) atoms. The van der Waals surface area contributed by atoms with Crippen molar-refractivity contribution in [3.8, 4) is 16.5 Å². The van der Waals surface area contributed by atoms with E-state index < -0.39 is 6.03 Å². The van der Waals surface area contributed by atoms with E-state index in [1.165, 1.54) is 22.3 Å². The van der Waals surface area contributed by atoms with Crippen LogP contribution in [-0.2, 0) is 13.1 Å². The van der Waals surface area contributed by atoms with E-state index >= 15 is 0 Å². The van der Waals surface area contributed by atoms with E-state index in [0.29, 0.717) is 24.4 Å². The molecule has 4 rings (SSSR count). The molecule has 0 bridgehead atoms. The van der Waals surface area contributed by atoms with Crippen LogP contribution >= 0.6 is 11.3 Å². The zero-order valence-electron chi connectivity index (χ0n) is 15.3. The van der Waals surface area contributed by atoms with Crippen molar-refractivity contribution in [2.75, 3.05) is 7.11 Å². The van der Waals surface area contributed by atoms with Crippen molar-refractivity contribution < 1.29 is 19.1 Å². The molecule has 2 amide bonds. The lowest BCUT2D eigenvalue weighted by Crippen LogP contribution is -2.34. The Morgan fingerprint density at radius 1 is 1.29 bits per heavy atom. The van der Waals surface area contributed by atoms with Gasteiger partial charge < -0.3 is 9.64 Å². The number of benzene rings is 1. The smallest absolute Gasteiger partial charge is 0.341 e. The number of nitrogens with zero attached hydrogens (tertiary/aromatic N) is 3. The van der Waals surface area contributed by atoms with Crippen molar-refractivity contribution in [1.29, 1.82) is 0 Å². The summed E-state index contributed by atoms with van der Waals surface area (Å²) >= 11 is 1.50. The summed E-state index contributed by atoms with van der Waals surface area (Å²) in [5, 5.41) is 9.43. The molecule has 1 aromatic carbocycles. The number of ether oxygens (including phenoxy) is 1. The van der Waals surface area contributed by atoms with Crippen molar-refractivity contribution in [3.05, 3.63) is 64.5 Å². The van der Waals surface area contributed by atoms with Crippen LogP contribution in [0.15, 0.2) is 42.6 Å². The van der Waals surface area contributed by atoms with Gasteiger partial charge in [0.15, 0.2) is 0 Å². The summed E-state index contributed by atoms with van der Waals surface area (Å²) in [4.78, 5) is 22.6. The highest BCUT2D eigenvalue weighted by atomic mass is 32.1. The summed E-state index contributed by atoms with van der Waals surface area (Å²) in [5.74, 6) is 0.566.